The molecular formula is C18H33NO. The van der Waals surface area contributed by atoms with Crippen molar-refractivity contribution < 1.29 is 4.74 Å². The molecule has 2 unspecified atom stereocenters. The topological polar surface area (TPSA) is 21.3 Å². The van der Waals surface area contributed by atoms with Crippen molar-refractivity contribution >= 4 is 0 Å². The molecule has 4 rings (SSSR count). The molecule has 1 N–H and O–H groups in total. The van der Waals surface area contributed by atoms with Crippen molar-refractivity contribution in [2.24, 2.45) is 16.7 Å². The van der Waals surface area contributed by atoms with E-state index in [0.717, 1.165) is 19.1 Å². The monoisotopic (exact) mass is 279 g/mol. The summed E-state index contributed by atoms with van der Waals surface area (Å²) in [5.74, 6) is 0.970. The highest BCUT2D eigenvalue weighted by Gasteiger charge is 2.59. The number of hydrogen-bond donors (Lipinski definition) is 1. The van der Waals surface area contributed by atoms with Gasteiger partial charge < -0.3 is 10.1 Å². The molecule has 116 valence electrons. The highest BCUT2D eigenvalue weighted by Crippen LogP contribution is 2.66. The van der Waals surface area contributed by atoms with Gasteiger partial charge in [-0.2, -0.15) is 0 Å². The lowest BCUT2D eigenvalue weighted by Crippen LogP contribution is -2.64. The third-order valence-corrected chi connectivity index (χ3v) is 5.76. The third-order valence-electron chi connectivity index (χ3n) is 5.76. The average Bonchev–Trinajstić information content (AvgIpc) is 2.17. The van der Waals surface area contributed by atoms with E-state index in [0.29, 0.717) is 16.4 Å². The van der Waals surface area contributed by atoms with Gasteiger partial charge in [-0.05, 0) is 76.0 Å². The molecule has 4 bridgehead atoms. The second-order valence-electron chi connectivity index (χ2n) is 9.80. The van der Waals surface area contributed by atoms with Gasteiger partial charge in [0.1, 0.15) is 0 Å². The fourth-order valence-corrected chi connectivity index (χ4v) is 6.32. The Labute approximate surface area is 125 Å². The Morgan fingerprint density at radius 2 is 1.60 bits per heavy atom. The van der Waals surface area contributed by atoms with E-state index >= 15 is 0 Å². The second-order valence-corrected chi connectivity index (χ2v) is 9.80. The summed E-state index contributed by atoms with van der Waals surface area (Å²) in [7, 11) is 0. The van der Waals surface area contributed by atoms with Crippen molar-refractivity contribution in [1.29, 1.82) is 0 Å². The van der Waals surface area contributed by atoms with Crippen molar-refractivity contribution in [3.8, 4) is 0 Å². The van der Waals surface area contributed by atoms with Crippen molar-refractivity contribution in [2.45, 2.75) is 84.3 Å². The lowest BCUT2D eigenvalue weighted by Gasteiger charge is -2.65. The number of nitrogens with one attached hydrogen (secondary N) is 1. The maximum atomic E-state index is 5.88. The number of rotatable bonds is 4. The Morgan fingerprint density at radius 3 is 2.10 bits per heavy atom. The van der Waals surface area contributed by atoms with E-state index in [2.05, 4.69) is 39.9 Å². The predicted octanol–water partition coefficient (Wildman–Crippen LogP) is 4.14. The van der Waals surface area contributed by atoms with Crippen LogP contribution in [0, 0.1) is 16.7 Å². The van der Waals surface area contributed by atoms with E-state index < -0.39 is 0 Å². The summed E-state index contributed by atoms with van der Waals surface area (Å²) < 4.78 is 5.88. The highest BCUT2D eigenvalue weighted by atomic mass is 16.5. The van der Waals surface area contributed by atoms with Crippen LogP contribution in [0.2, 0.25) is 0 Å². The Bertz CT molecular complexity index is 365. The Kier molecular flexibility index (Phi) is 3.31. The first-order valence-corrected chi connectivity index (χ1v) is 8.50. The zero-order valence-electron chi connectivity index (χ0n) is 14.1. The molecule has 0 aromatic rings. The first-order chi connectivity index (χ1) is 9.11. The molecular weight excluding hydrogens is 246 g/mol. The lowest BCUT2D eigenvalue weighted by molar-refractivity contribution is -0.120. The lowest BCUT2D eigenvalue weighted by atomic mass is 9.43. The highest BCUT2D eigenvalue weighted by molar-refractivity contribution is 5.14. The van der Waals surface area contributed by atoms with Crippen LogP contribution in [0.25, 0.3) is 0 Å². The van der Waals surface area contributed by atoms with Crippen LogP contribution in [0.5, 0.6) is 0 Å². The molecule has 0 radical (unpaired) electrons. The van der Waals surface area contributed by atoms with Crippen LogP contribution in [0.3, 0.4) is 0 Å². The smallest absolute Gasteiger partial charge is 0.0599 e. The van der Waals surface area contributed by atoms with Crippen molar-refractivity contribution in [2.75, 3.05) is 13.2 Å². The molecule has 0 aromatic carbocycles. The minimum Gasteiger partial charge on any atom is -0.375 e. The van der Waals surface area contributed by atoms with E-state index in [4.69, 9.17) is 4.74 Å². The van der Waals surface area contributed by atoms with Gasteiger partial charge in [0.2, 0.25) is 0 Å². The normalized spacial score (nSPS) is 47.0. The molecule has 2 atom stereocenters. The summed E-state index contributed by atoms with van der Waals surface area (Å²) in [6, 6.07) is 0. The molecule has 4 saturated carbocycles. The van der Waals surface area contributed by atoms with E-state index in [1.54, 1.807) is 0 Å². The minimum atomic E-state index is -0.0128. The molecule has 0 amide bonds. The quantitative estimate of drug-likeness (QED) is 0.781. The molecule has 4 aliphatic carbocycles. The van der Waals surface area contributed by atoms with Crippen molar-refractivity contribution in [3.63, 3.8) is 0 Å². The van der Waals surface area contributed by atoms with Crippen molar-refractivity contribution in [3.05, 3.63) is 0 Å². The maximum Gasteiger partial charge on any atom is 0.0599 e. The summed E-state index contributed by atoms with van der Waals surface area (Å²) in [5, 5.41) is 3.93. The molecule has 0 aliphatic heterocycles. The summed E-state index contributed by atoms with van der Waals surface area (Å²) in [6.45, 7) is 13.3. The Morgan fingerprint density at radius 1 is 1.00 bits per heavy atom. The molecule has 0 heterocycles. The fourth-order valence-electron chi connectivity index (χ4n) is 6.32. The molecule has 0 spiro atoms. The second kappa shape index (κ2) is 4.46. The standard InChI is InChI=1S/C18H33NO/c1-15(2,3)20-7-6-19-18-10-14-8-16(4,12-18)11-17(5,9-14)13-18/h14,19H,6-13H2,1-5H3. The molecule has 2 heteroatoms. The van der Waals surface area contributed by atoms with Gasteiger partial charge in [0.05, 0.1) is 12.2 Å². The van der Waals surface area contributed by atoms with Crippen LogP contribution < -0.4 is 5.32 Å². The first kappa shape index (κ1) is 14.8. The largest absolute Gasteiger partial charge is 0.375 e. The number of ether oxygens (including phenoxy) is 1. The first-order valence-electron chi connectivity index (χ1n) is 8.50. The van der Waals surface area contributed by atoms with Crippen LogP contribution in [0.15, 0.2) is 0 Å². The summed E-state index contributed by atoms with van der Waals surface area (Å²) in [6.07, 6.45) is 8.60. The van der Waals surface area contributed by atoms with Crippen LogP contribution >= 0.6 is 0 Å². The van der Waals surface area contributed by atoms with Crippen LogP contribution in [-0.2, 0) is 4.74 Å². The van der Waals surface area contributed by atoms with Gasteiger partial charge in [0.15, 0.2) is 0 Å². The van der Waals surface area contributed by atoms with Crippen LogP contribution in [0.1, 0.15) is 73.1 Å². The van der Waals surface area contributed by atoms with Gasteiger partial charge in [-0.15, -0.1) is 0 Å². The van der Waals surface area contributed by atoms with Crippen LogP contribution in [-0.4, -0.2) is 24.3 Å². The Balaban J connectivity index is 1.61. The third kappa shape index (κ3) is 2.92. The molecule has 4 aliphatic rings. The van der Waals surface area contributed by atoms with Gasteiger partial charge >= 0.3 is 0 Å². The van der Waals surface area contributed by atoms with E-state index in [1.807, 2.05) is 0 Å². The molecule has 20 heavy (non-hydrogen) atoms. The van der Waals surface area contributed by atoms with Gasteiger partial charge in [-0.1, -0.05) is 13.8 Å². The zero-order valence-corrected chi connectivity index (χ0v) is 14.1. The molecule has 4 fully saturated rings. The molecule has 0 aromatic heterocycles. The molecule has 0 saturated heterocycles. The minimum absolute atomic E-state index is 0.0128. The average molecular weight is 279 g/mol. The fraction of sp³-hybridized carbons (Fsp3) is 1.00. The SMILES string of the molecule is CC12CC3CC(C)(C1)CC(NCCOC(C)(C)C)(C3)C2. The zero-order chi connectivity index (χ0) is 14.6. The van der Waals surface area contributed by atoms with Gasteiger partial charge in [-0.3, -0.25) is 0 Å². The summed E-state index contributed by atoms with van der Waals surface area (Å²) in [5.41, 5.74) is 1.61. The predicted molar refractivity (Wildman–Crippen MR) is 83.8 cm³/mol. The number of hydrogen-bond acceptors (Lipinski definition) is 2. The Hall–Kier alpha value is -0.0800. The van der Waals surface area contributed by atoms with Crippen LogP contribution in [0.4, 0.5) is 0 Å². The van der Waals surface area contributed by atoms with Gasteiger partial charge in [0.25, 0.3) is 0 Å². The van der Waals surface area contributed by atoms with Gasteiger partial charge in [0, 0.05) is 12.1 Å². The van der Waals surface area contributed by atoms with E-state index in [1.165, 1.54) is 38.5 Å². The summed E-state index contributed by atoms with van der Waals surface area (Å²) >= 11 is 0. The molecule has 2 nitrogen and oxygen atoms in total. The van der Waals surface area contributed by atoms with E-state index in [9.17, 15) is 0 Å². The van der Waals surface area contributed by atoms with Gasteiger partial charge in [-0.25, -0.2) is 0 Å². The van der Waals surface area contributed by atoms with E-state index in [-0.39, 0.29) is 5.60 Å². The summed E-state index contributed by atoms with van der Waals surface area (Å²) in [4.78, 5) is 0. The maximum absolute atomic E-state index is 5.88. The van der Waals surface area contributed by atoms with Crippen molar-refractivity contribution in [1.82, 2.24) is 5.32 Å².